The van der Waals surface area contributed by atoms with E-state index in [0.717, 1.165) is 6.42 Å². The molecule has 3 rings (SSSR count). The van der Waals surface area contributed by atoms with Crippen molar-refractivity contribution >= 4 is 44.8 Å². The van der Waals surface area contributed by atoms with Gasteiger partial charge in [-0.3, -0.25) is 0 Å². The number of aryl methyl sites for hydroxylation is 1. The number of nitrogens with two attached hydrogens (primary N) is 3. The highest BCUT2D eigenvalue weighted by atomic mass is 32.2. The highest BCUT2D eigenvalue weighted by Crippen LogP contribution is 2.39. The van der Waals surface area contributed by atoms with Crippen LogP contribution in [0.25, 0.3) is 22.5 Å². The number of aliphatic hydroxyl groups is 2. The van der Waals surface area contributed by atoms with Crippen LogP contribution in [0.1, 0.15) is 26.5 Å². The van der Waals surface area contributed by atoms with Crippen molar-refractivity contribution in [2.75, 3.05) is 7.11 Å². The van der Waals surface area contributed by atoms with Crippen molar-refractivity contribution in [3.63, 3.8) is 0 Å². The molecule has 2 aromatic carbocycles. The average Bonchev–Trinajstić information content (AvgIpc) is 3.16. The summed E-state index contributed by atoms with van der Waals surface area (Å²) in [4.78, 5) is -0.0439. The summed E-state index contributed by atoms with van der Waals surface area (Å²) in [5.74, 6) is 0.636. The molecule has 0 aliphatic carbocycles. The molecule has 14 heteroatoms. The second kappa shape index (κ2) is 16.4. The first kappa shape index (κ1) is 35.9. The Hall–Kier alpha value is -3.30. The second-order valence-electron chi connectivity index (χ2n) is 6.77. The molecule has 0 amide bonds. The third-order valence-corrected chi connectivity index (χ3v) is 5.15. The molecule has 1 aromatic heterocycles. The summed E-state index contributed by atoms with van der Waals surface area (Å²) in [6.45, 7) is 2.01. The molecule has 0 unspecified atom stereocenters. The molecule has 0 aliphatic heterocycles. The fourth-order valence-electron chi connectivity index (χ4n) is 2.96. The number of rotatable bonds is 6. The van der Waals surface area contributed by atoms with Crippen LogP contribution in [0.15, 0.2) is 57.8 Å². The van der Waals surface area contributed by atoms with Gasteiger partial charge in [0.05, 0.1) is 12.0 Å². The zero-order valence-electron chi connectivity index (χ0n) is 19.4. The SMILES string of the molecule is C.CCCc1cc(-c2ccc(OC)c(F)c2)c(-c2ccccc2S(N)(=O)=O)o1.NC(O)=S.NC(O)=S.O. The van der Waals surface area contributed by atoms with Gasteiger partial charge in [-0.15, -0.1) is 0 Å². The van der Waals surface area contributed by atoms with Crippen molar-refractivity contribution in [1.29, 1.82) is 0 Å². The summed E-state index contributed by atoms with van der Waals surface area (Å²) in [5, 5.41) is 19.5. The number of hydrogen-bond donors (Lipinski definition) is 5. The number of halogens is 1. The Morgan fingerprint density at radius 3 is 2.05 bits per heavy atom. The van der Waals surface area contributed by atoms with Crippen molar-refractivity contribution in [1.82, 2.24) is 0 Å². The first-order valence-corrected chi connectivity index (χ1v) is 12.2. The number of furan rings is 1. The molecular formula is C23H32FN3O7S3. The highest BCUT2D eigenvalue weighted by molar-refractivity contribution is 7.89. The van der Waals surface area contributed by atoms with Crippen molar-refractivity contribution in [3.8, 4) is 28.2 Å². The van der Waals surface area contributed by atoms with E-state index >= 15 is 0 Å². The lowest BCUT2D eigenvalue weighted by Crippen LogP contribution is -2.13. The first-order valence-electron chi connectivity index (χ1n) is 9.87. The molecule has 10 nitrogen and oxygen atoms in total. The Balaban J connectivity index is 0. The Labute approximate surface area is 226 Å². The maximum absolute atomic E-state index is 14.2. The van der Waals surface area contributed by atoms with Crippen LogP contribution in [0.3, 0.4) is 0 Å². The minimum atomic E-state index is -3.96. The molecule has 0 saturated heterocycles. The number of methoxy groups -OCH3 is 1. The fraction of sp³-hybridized carbons (Fsp3) is 0.217. The molecule has 1 heterocycles. The van der Waals surface area contributed by atoms with Gasteiger partial charge in [0.2, 0.25) is 10.0 Å². The largest absolute Gasteiger partial charge is 0.494 e. The predicted octanol–water partition coefficient (Wildman–Crippen LogP) is 3.75. The Morgan fingerprint density at radius 1 is 1.05 bits per heavy atom. The average molecular weight is 578 g/mol. The van der Waals surface area contributed by atoms with Crippen LogP contribution in [0.5, 0.6) is 5.75 Å². The molecule has 0 spiro atoms. The van der Waals surface area contributed by atoms with Crippen molar-refractivity contribution in [3.05, 3.63) is 60.1 Å². The van der Waals surface area contributed by atoms with Gasteiger partial charge in [-0.2, -0.15) is 0 Å². The molecule has 0 radical (unpaired) electrons. The summed E-state index contributed by atoms with van der Waals surface area (Å²) in [6, 6.07) is 12.7. The maximum Gasteiger partial charge on any atom is 0.251 e. The van der Waals surface area contributed by atoms with E-state index in [0.29, 0.717) is 34.6 Å². The third kappa shape index (κ3) is 11.5. The predicted molar refractivity (Wildman–Crippen MR) is 151 cm³/mol. The van der Waals surface area contributed by atoms with E-state index in [9.17, 15) is 12.8 Å². The van der Waals surface area contributed by atoms with E-state index in [1.54, 1.807) is 30.3 Å². The lowest BCUT2D eigenvalue weighted by atomic mass is 10.0. The molecule has 0 bridgehead atoms. The Morgan fingerprint density at radius 2 is 1.59 bits per heavy atom. The van der Waals surface area contributed by atoms with Gasteiger partial charge in [-0.1, -0.05) is 32.5 Å². The summed E-state index contributed by atoms with van der Waals surface area (Å²) in [7, 11) is -2.56. The van der Waals surface area contributed by atoms with Gasteiger partial charge in [0, 0.05) is 17.5 Å². The lowest BCUT2D eigenvalue weighted by molar-refractivity contribution is 0.386. The van der Waals surface area contributed by atoms with E-state index in [1.165, 1.54) is 25.3 Å². The van der Waals surface area contributed by atoms with Crippen molar-refractivity contribution in [2.24, 2.45) is 16.6 Å². The van der Waals surface area contributed by atoms with Gasteiger partial charge in [0.15, 0.2) is 11.6 Å². The van der Waals surface area contributed by atoms with Crippen molar-refractivity contribution in [2.45, 2.75) is 32.1 Å². The van der Waals surface area contributed by atoms with Gasteiger partial charge in [0.25, 0.3) is 10.3 Å². The number of ether oxygens (including phenoxy) is 1. The molecule has 37 heavy (non-hydrogen) atoms. The third-order valence-electron chi connectivity index (χ3n) is 4.18. The quantitative estimate of drug-likeness (QED) is 0.268. The van der Waals surface area contributed by atoms with Crippen LogP contribution in [0.4, 0.5) is 4.39 Å². The minimum absolute atomic E-state index is 0. The molecule has 0 atom stereocenters. The summed E-state index contributed by atoms with van der Waals surface area (Å²) in [6.07, 6.45) is 1.52. The zero-order chi connectivity index (χ0) is 26.8. The van der Waals surface area contributed by atoms with Gasteiger partial charge in [0.1, 0.15) is 11.5 Å². The highest BCUT2D eigenvalue weighted by Gasteiger charge is 2.22. The van der Waals surface area contributed by atoms with Crippen LogP contribution in [0.2, 0.25) is 0 Å². The molecule has 0 saturated carbocycles. The number of aliphatic hydroxyl groups excluding tert-OH is 2. The van der Waals surface area contributed by atoms with E-state index in [2.05, 4.69) is 35.9 Å². The topological polar surface area (TPSA) is 207 Å². The molecule has 0 fully saturated rings. The summed E-state index contributed by atoms with van der Waals surface area (Å²) >= 11 is 7.74. The zero-order valence-corrected chi connectivity index (χ0v) is 21.8. The van der Waals surface area contributed by atoms with Gasteiger partial charge in [-0.05, 0) is 66.8 Å². The number of sulfonamides is 1. The van der Waals surface area contributed by atoms with Gasteiger partial charge in [-0.25, -0.2) is 17.9 Å². The monoisotopic (exact) mass is 577 g/mol. The minimum Gasteiger partial charge on any atom is -0.494 e. The molecular weight excluding hydrogens is 545 g/mol. The lowest BCUT2D eigenvalue weighted by Gasteiger charge is -2.09. The van der Waals surface area contributed by atoms with Gasteiger partial charge < -0.3 is 36.3 Å². The second-order valence-corrected chi connectivity index (χ2v) is 9.14. The standard InChI is InChI=1S/C20H20FNO4S.2CH3NOS.CH4.H2O/c1-3-6-14-12-16(13-9-10-18(25-2)17(21)11-13)20(26-14)15-7-4-5-8-19(15)27(22,23)24;2*2-1(3)4;;/h4-5,7-12H,3,6H2,1-2H3,(H2,22,23,24);2*(H3,2,3,4);1H4;1H2. The van der Waals surface area contributed by atoms with E-state index < -0.39 is 26.2 Å². The first-order chi connectivity index (χ1) is 16.3. The van der Waals surface area contributed by atoms with E-state index in [1.807, 2.05) is 6.92 Å². The van der Waals surface area contributed by atoms with E-state index in [-0.39, 0.29) is 23.5 Å². The summed E-state index contributed by atoms with van der Waals surface area (Å²) in [5.41, 5.74) is 10.3. The van der Waals surface area contributed by atoms with Crippen LogP contribution in [-0.4, -0.2) is 41.6 Å². The van der Waals surface area contributed by atoms with Crippen LogP contribution < -0.4 is 21.3 Å². The molecule has 0 aliphatic rings. The van der Waals surface area contributed by atoms with E-state index in [4.69, 9.17) is 24.5 Å². The fourth-order valence-corrected chi connectivity index (χ4v) is 3.70. The molecule has 206 valence electrons. The van der Waals surface area contributed by atoms with Crippen molar-refractivity contribution < 1.29 is 37.7 Å². The van der Waals surface area contributed by atoms with Crippen LogP contribution in [0, 0.1) is 5.82 Å². The number of benzene rings is 2. The smallest absolute Gasteiger partial charge is 0.251 e. The Kier molecular flexibility index (Phi) is 15.9. The molecule has 10 N–H and O–H groups in total. The van der Waals surface area contributed by atoms with Crippen LogP contribution >= 0.6 is 24.4 Å². The normalized spacial score (nSPS) is 9.73. The number of hydrogen-bond acceptors (Lipinski definition) is 6. The maximum atomic E-state index is 14.2. The van der Waals surface area contributed by atoms with Gasteiger partial charge >= 0.3 is 0 Å². The summed E-state index contributed by atoms with van der Waals surface area (Å²) < 4.78 is 49.1. The number of thiocarbonyl (C=S) groups is 2. The Bertz CT molecular complexity index is 1260. The number of primary sulfonamides is 1. The van der Waals surface area contributed by atoms with Crippen LogP contribution in [-0.2, 0) is 16.4 Å². The molecule has 3 aromatic rings.